The van der Waals surface area contributed by atoms with E-state index < -0.39 is 12.0 Å². The van der Waals surface area contributed by atoms with Crippen LogP contribution in [0.1, 0.15) is 11.7 Å². The first kappa shape index (κ1) is 12.9. The molecule has 0 aliphatic heterocycles. The second-order valence-corrected chi connectivity index (χ2v) is 4.05. The molecule has 2 N–H and O–H groups in total. The Bertz CT molecular complexity index is 580. The van der Waals surface area contributed by atoms with Gasteiger partial charge in [0.25, 0.3) is 0 Å². The van der Waals surface area contributed by atoms with Crippen molar-refractivity contribution in [3.8, 4) is 5.75 Å². The summed E-state index contributed by atoms with van der Waals surface area (Å²) >= 11 is 0. The van der Waals surface area contributed by atoms with E-state index in [4.69, 9.17) is 4.74 Å². The number of ether oxygens (including phenoxy) is 1. The number of carboxylic acid groups (broad SMARTS) is 1. The quantitative estimate of drug-likeness (QED) is 0.856. The molecule has 0 aliphatic carbocycles. The maximum absolute atomic E-state index is 11.4. The molecule has 100 valence electrons. The van der Waals surface area contributed by atoms with Gasteiger partial charge in [-0.1, -0.05) is 12.1 Å². The van der Waals surface area contributed by atoms with E-state index in [1.807, 2.05) is 12.1 Å². The summed E-state index contributed by atoms with van der Waals surface area (Å²) in [6.45, 7) is 0. The number of para-hydroxylation sites is 2. The Labute approximate surface area is 110 Å². The fourth-order valence-electron chi connectivity index (χ4n) is 1.83. The number of aliphatic carboxylic acids is 1. The number of aromatic nitrogens is 2. The van der Waals surface area contributed by atoms with Crippen molar-refractivity contribution in [1.82, 2.24) is 9.55 Å². The topological polar surface area (TPSA) is 76.4 Å². The first-order chi connectivity index (χ1) is 9.13. The van der Waals surface area contributed by atoms with Crippen LogP contribution in [0, 0.1) is 0 Å². The van der Waals surface area contributed by atoms with Gasteiger partial charge in [-0.2, -0.15) is 0 Å². The van der Waals surface area contributed by atoms with Crippen LogP contribution in [0.15, 0.2) is 36.8 Å². The average Bonchev–Trinajstić information content (AvgIpc) is 2.82. The van der Waals surface area contributed by atoms with Crippen LogP contribution in [0.2, 0.25) is 0 Å². The van der Waals surface area contributed by atoms with Crippen LogP contribution >= 0.6 is 0 Å². The number of carbonyl (C=O) groups is 1. The van der Waals surface area contributed by atoms with Crippen molar-refractivity contribution in [2.75, 3.05) is 12.4 Å². The van der Waals surface area contributed by atoms with Gasteiger partial charge in [-0.25, -0.2) is 9.78 Å². The third kappa shape index (κ3) is 2.67. The van der Waals surface area contributed by atoms with Gasteiger partial charge in [-0.05, 0) is 12.1 Å². The summed E-state index contributed by atoms with van der Waals surface area (Å²) in [4.78, 5) is 15.3. The smallest absolute Gasteiger partial charge is 0.332 e. The van der Waals surface area contributed by atoms with E-state index in [0.29, 0.717) is 17.1 Å². The molecule has 0 saturated carbocycles. The fraction of sp³-hybridized carbons (Fsp3) is 0.231. The lowest BCUT2D eigenvalue weighted by atomic mass is 10.2. The van der Waals surface area contributed by atoms with Gasteiger partial charge in [-0.3, -0.25) is 0 Å². The van der Waals surface area contributed by atoms with Crippen molar-refractivity contribution in [3.63, 3.8) is 0 Å². The third-order valence-corrected chi connectivity index (χ3v) is 2.80. The SMILES string of the molecule is COc1ccccc1NC(C(=O)O)c1cncn1C. The second-order valence-electron chi connectivity index (χ2n) is 4.05. The van der Waals surface area contributed by atoms with E-state index in [-0.39, 0.29) is 0 Å². The summed E-state index contributed by atoms with van der Waals surface area (Å²) in [6.07, 6.45) is 3.09. The van der Waals surface area contributed by atoms with Crippen molar-refractivity contribution < 1.29 is 14.6 Å². The van der Waals surface area contributed by atoms with Gasteiger partial charge >= 0.3 is 5.97 Å². The zero-order valence-electron chi connectivity index (χ0n) is 10.7. The molecule has 1 heterocycles. The fourth-order valence-corrected chi connectivity index (χ4v) is 1.83. The van der Waals surface area contributed by atoms with Crippen molar-refractivity contribution in [2.24, 2.45) is 7.05 Å². The lowest BCUT2D eigenvalue weighted by Gasteiger charge is -2.18. The Morgan fingerprint density at radius 3 is 2.79 bits per heavy atom. The molecule has 0 saturated heterocycles. The highest BCUT2D eigenvalue weighted by Gasteiger charge is 2.23. The molecule has 0 spiro atoms. The van der Waals surface area contributed by atoms with Crippen molar-refractivity contribution in [1.29, 1.82) is 0 Å². The summed E-state index contributed by atoms with van der Waals surface area (Å²) in [5.41, 5.74) is 1.19. The number of nitrogens with zero attached hydrogens (tertiary/aromatic N) is 2. The Hall–Kier alpha value is -2.50. The van der Waals surface area contributed by atoms with E-state index in [9.17, 15) is 9.90 Å². The van der Waals surface area contributed by atoms with Gasteiger partial charge in [0.1, 0.15) is 5.75 Å². The number of nitrogens with one attached hydrogen (secondary N) is 1. The summed E-state index contributed by atoms with van der Waals surface area (Å²) < 4.78 is 6.86. The molecule has 1 unspecified atom stereocenters. The van der Waals surface area contributed by atoms with E-state index in [1.54, 1.807) is 37.2 Å². The minimum absolute atomic E-state index is 0.568. The van der Waals surface area contributed by atoms with Gasteiger partial charge in [0, 0.05) is 7.05 Å². The first-order valence-electron chi connectivity index (χ1n) is 5.72. The molecule has 0 radical (unpaired) electrons. The number of methoxy groups -OCH3 is 1. The summed E-state index contributed by atoms with van der Waals surface area (Å²) in [5, 5.41) is 12.3. The normalized spacial score (nSPS) is 11.9. The molecule has 19 heavy (non-hydrogen) atoms. The Morgan fingerprint density at radius 2 is 2.21 bits per heavy atom. The maximum Gasteiger partial charge on any atom is 0.332 e. The molecule has 1 atom stereocenters. The highest BCUT2D eigenvalue weighted by Crippen LogP contribution is 2.27. The number of carboxylic acids is 1. The third-order valence-electron chi connectivity index (χ3n) is 2.80. The van der Waals surface area contributed by atoms with E-state index in [1.165, 1.54) is 6.20 Å². The van der Waals surface area contributed by atoms with E-state index >= 15 is 0 Å². The molecular weight excluding hydrogens is 246 g/mol. The van der Waals surface area contributed by atoms with Crippen molar-refractivity contribution in [2.45, 2.75) is 6.04 Å². The van der Waals surface area contributed by atoms with Gasteiger partial charge in [0.2, 0.25) is 0 Å². The van der Waals surface area contributed by atoms with E-state index in [2.05, 4.69) is 10.3 Å². The Kier molecular flexibility index (Phi) is 3.70. The highest BCUT2D eigenvalue weighted by atomic mass is 16.5. The van der Waals surface area contributed by atoms with Crippen LogP contribution in [0.25, 0.3) is 0 Å². The number of hydrogen-bond acceptors (Lipinski definition) is 4. The van der Waals surface area contributed by atoms with Crippen LogP contribution in [0.5, 0.6) is 5.75 Å². The molecular formula is C13H15N3O3. The van der Waals surface area contributed by atoms with Crippen LogP contribution in [0.3, 0.4) is 0 Å². The number of hydrogen-bond donors (Lipinski definition) is 2. The number of imidazole rings is 1. The van der Waals surface area contributed by atoms with Gasteiger partial charge in [-0.15, -0.1) is 0 Å². The number of anilines is 1. The zero-order chi connectivity index (χ0) is 13.8. The predicted octanol–water partition coefficient (Wildman–Crippen LogP) is 1.67. The Balaban J connectivity index is 2.32. The van der Waals surface area contributed by atoms with Crippen LogP contribution in [0.4, 0.5) is 5.69 Å². The summed E-state index contributed by atoms with van der Waals surface area (Å²) in [5.74, 6) is -0.384. The molecule has 0 amide bonds. The summed E-state index contributed by atoms with van der Waals surface area (Å²) in [6, 6.07) is 6.29. The number of aryl methyl sites for hydroxylation is 1. The minimum atomic E-state index is -0.977. The molecule has 1 aromatic heterocycles. The molecule has 0 bridgehead atoms. The minimum Gasteiger partial charge on any atom is -0.495 e. The molecule has 0 aliphatic rings. The van der Waals surface area contributed by atoms with Crippen molar-refractivity contribution >= 4 is 11.7 Å². The lowest BCUT2D eigenvalue weighted by molar-refractivity contribution is -0.138. The Morgan fingerprint density at radius 1 is 1.47 bits per heavy atom. The molecule has 6 heteroatoms. The van der Waals surface area contributed by atoms with E-state index in [0.717, 1.165) is 0 Å². The number of rotatable bonds is 5. The van der Waals surface area contributed by atoms with Gasteiger partial charge in [0.05, 0.1) is 31.0 Å². The average molecular weight is 261 g/mol. The lowest BCUT2D eigenvalue weighted by Crippen LogP contribution is -2.23. The largest absolute Gasteiger partial charge is 0.495 e. The highest BCUT2D eigenvalue weighted by molar-refractivity contribution is 5.79. The monoisotopic (exact) mass is 261 g/mol. The zero-order valence-corrected chi connectivity index (χ0v) is 10.7. The van der Waals surface area contributed by atoms with Gasteiger partial charge < -0.3 is 19.7 Å². The summed E-state index contributed by atoms with van der Waals surface area (Å²) in [7, 11) is 3.29. The standard InChI is InChI=1S/C13H15N3O3/c1-16-8-14-7-10(16)12(13(17)18)15-9-5-3-4-6-11(9)19-2/h3-8,12,15H,1-2H3,(H,17,18). The predicted molar refractivity (Wildman–Crippen MR) is 70.2 cm³/mol. The van der Waals surface area contributed by atoms with Crippen molar-refractivity contribution in [3.05, 3.63) is 42.5 Å². The van der Waals surface area contributed by atoms with Crippen LogP contribution in [-0.4, -0.2) is 27.7 Å². The maximum atomic E-state index is 11.4. The van der Waals surface area contributed by atoms with Crippen LogP contribution < -0.4 is 10.1 Å². The molecule has 2 rings (SSSR count). The molecule has 2 aromatic rings. The molecule has 0 fully saturated rings. The van der Waals surface area contributed by atoms with Gasteiger partial charge in [0.15, 0.2) is 6.04 Å². The second kappa shape index (κ2) is 5.43. The first-order valence-corrected chi connectivity index (χ1v) is 5.72. The molecule has 6 nitrogen and oxygen atoms in total. The number of benzene rings is 1. The van der Waals surface area contributed by atoms with Crippen LogP contribution in [-0.2, 0) is 11.8 Å². The molecule has 1 aromatic carbocycles.